The molecule has 0 radical (unpaired) electrons. The van der Waals surface area contributed by atoms with E-state index < -0.39 is 5.60 Å². The van der Waals surface area contributed by atoms with Gasteiger partial charge in [0, 0.05) is 44.5 Å². The summed E-state index contributed by atoms with van der Waals surface area (Å²) in [5.41, 5.74) is 1.65. The van der Waals surface area contributed by atoms with Crippen molar-refractivity contribution in [1.82, 2.24) is 24.9 Å². The first-order valence-corrected chi connectivity index (χ1v) is 6.79. The van der Waals surface area contributed by atoms with Crippen LogP contribution in [0.3, 0.4) is 0 Å². The van der Waals surface area contributed by atoms with E-state index in [1.807, 2.05) is 27.2 Å². The summed E-state index contributed by atoms with van der Waals surface area (Å²) < 4.78 is 3.32. The van der Waals surface area contributed by atoms with Crippen molar-refractivity contribution in [3.63, 3.8) is 0 Å². The van der Waals surface area contributed by atoms with Gasteiger partial charge in [0.1, 0.15) is 10.8 Å². The van der Waals surface area contributed by atoms with Crippen LogP contribution in [0.15, 0.2) is 12.4 Å². The molecule has 0 fully saturated rings. The summed E-state index contributed by atoms with van der Waals surface area (Å²) in [6.07, 6.45) is 3.48. The predicted octanol–water partition coefficient (Wildman–Crippen LogP) is 1.11. The van der Waals surface area contributed by atoms with Crippen molar-refractivity contribution in [1.29, 1.82) is 0 Å². The van der Waals surface area contributed by atoms with Gasteiger partial charge in [-0.15, -0.1) is 0 Å². The van der Waals surface area contributed by atoms with Crippen LogP contribution in [0.25, 0.3) is 0 Å². The number of rotatable bonds is 5. The molecule has 2 aromatic heterocycles. The normalized spacial score (nSPS) is 14.5. The van der Waals surface area contributed by atoms with E-state index in [0.717, 1.165) is 16.8 Å². The van der Waals surface area contributed by atoms with Crippen LogP contribution in [-0.2, 0) is 26.2 Å². The number of hydrogen-bond acceptors (Lipinski definition) is 4. The lowest BCUT2D eigenvalue weighted by molar-refractivity contribution is 0.0566. The maximum Gasteiger partial charge on any atom is 0.131 e. The molecule has 2 rings (SSSR count). The predicted molar refractivity (Wildman–Crippen MR) is 77.4 cm³/mol. The van der Waals surface area contributed by atoms with E-state index in [0.29, 0.717) is 18.2 Å². The van der Waals surface area contributed by atoms with E-state index in [1.165, 1.54) is 0 Å². The molecule has 1 atom stereocenters. The minimum Gasteiger partial charge on any atom is -0.384 e. The monoisotopic (exact) mass is 297 g/mol. The van der Waals surface area contributed by atoms with E-state index in [4.69, 9.17) is 11.6 Å². The fraction of sp³-hybridized carbons (Fsp3) is 0.538. The Balaban J connectivity index is 1.99. The second-order valence-electron chi connectivity index (χ2n) is 5.26. The summed E-state index contributed by atoms with van der Waals surface area (Å²) in [4.78, 5) is 0. The van der Waals surface area contributed by atoms with Crippen molar-refractivity contribution >= 4 is 11.6 Å². The second kappa shape index (κ2) is 5.55. The molecular weight excluding hydrogens is 278 g/mol. The van der Waals surface area contributed by atoms with E-state index in [9.17, 15) is 5.11 Å². The Kier molecular flexibility index (Phi) is 4.17. The first-order chi connectivity index (χ1) is 9.31. The van der Waals surface area contributed by atoms with Crippen molar-refractivity contribution in [3.8, 4) is 0 Å². The molecule has 0 amide bonds. The molecule has 20 heavy (non-hydrogen) atoms. The molecule has 2 heterocycles. The molecule has 6 nitrogen and oxygen atoms in total. The summed E-state index contributed by atoms with van der Waals surface area (Å²) in [7, 11) is 3.64. The summed E-state index contributed by atoms with van der Waals surface area (Å²) in [6.45, 7) is 4.65. The van der Waals surface area contributed by atoms with Gasteiger partial charge in [-0.3, -0.25) is 9.36 Å². The third kappa shape index (κ3) is 3.03. The number of halogens is 1. The maximum atomic E-state index is 10.5. The lowest BCUT2D eigenvalue weighted by Crippen LogP contribution is -2.35. The van der Waals surface area contributed by atoms with E-state index in [2.05, 4.69) is 15.5 Å². The largest absolute Gasteiger partial charge is 0.384 e. The average molecular weight is 298 g/mol. The van der Waals surface area contributed by atoms with Crippen LogP contribution in [0, 0.1) is 6.92 Å². The van der Waals surface area contributed by atoms with Crippen LogP contribution < -0.4 is 5.32 Å². The number of nitrogens with zero attached hydrogens (tertiary/aromatic N) is 4. The first kappa shape index (κ1) is 15.0. The van der Waals surface area contributed by atoms with Gasteiger partial charge in [0.25, 0.3) is 0 Å². The molecule has 0 aromatic carbocycles. The number of hydrogen-bond donors (Lipinski definition) is 2. The molecule has 7 heteroatoms. The highest BCUT2D eigenvalue weighted by Gasteiger charge is 2.24. The first-order valence-electron chi connectivity index (χ1n) is 6.41. The van der Waals surface area contributed by atoms with Crippen LogP contribution >= 0.6 is 11.6 Å². The Bertz CT molecular complexity index is 602. The standard InChI is InChI=1S/C13H20ClN5O/c1-9-11(12(14)19(4)17-9)6-15-8-13(2,20)10-5-16-18(3)7-10/h5,7,15,20H,6,8H2,1-4H3. The van der Waals surface area contributed by atoms with Crippen LogP contribution in [0.4, 0.5) is 0 Å². The molecular formula is C13H20ClN5O. The van der Waals surface area contributed by atoms with Crippen LogP contribution in [0.5, 0.6) is 0 Å². The molecule has 2 aromatic rings. The lowest BCUT2D eigenvalue weighted by atomic mass is 10.00. The summed E-state index contributed by atoms with van der Waals surface area (Å²) in [5, 5.41) is 22.6. The molecule has 110 valence electrons. The Morgan fingerprint density at radius 3 is 2.65 bits per heavy atom. The van der Waals surface area contributed by atoms with Crippen molar-refractivity contribution in [2.24, 2.45) is 14.1 Å². The Labute approximate surface area is 123 Å². The highest BCUT2D eigenvalue weighted by atomic mass is 35.5. The highest BCUT2D eigenvalue weighted by Crippen LogP contribution is 2.21. The third-order valence-corrected chi connectivity index (χ3v) is 3.84. The highest BCUT2D eigenvalue weighted by molar-refractivity contribution is 6.30. The number of nitrogens with one attached hydrogen (secondary N) is 1. The van der Waals surface area contributed by atoms with Crippen molar-refractivity contribution in [3.05, 3.63) is 34.4 Å². The second-order valence-corrected chi connectivity index (χ2v) is 5.62. The SMILES string of the molecule is Cc1nn(C)c(Cl)c1CNCC(C)(O)c1cnn(C)c1. The summed E-state index contributed by atoms with van der Waals surface area (Å²) in [5.74, 6) is 0. The molecule has 0 bridgehead atoms. The molecule has 0 aliphatic rings. The van der Waals surface area contributed by atoms with Gasteiger partial charge in [-0.05, 0) is 13.8 Å². The van der Waals surface area contributed by atoms with Gasteiger partial charge in [-0.1, -0.05) is 11.6 Å². The van der Waals surface area contributed by atoms with Gasteiger partial charge in [-0.25, -0.2) is 0 Å². The van der Waals surface area contributed by atoms with Gasteiger partial charge in [0.05, 0.1) is 11.9 Å². The molecule has 0 aliphatic carbocycles. The fourth-order valence-electron chi connectivity index (χ4n) is 2.11. The van der Waals surface area contributed by atoms with Crippen LogP contribution in [0.1, 0.15) is 23.7 Å². The molecule has 1 unspecified atom stereocenters. The van der Waals surface area contributed by atoms with E-state index in [-0.39, 0.29) is 0 Å². The van der Waals surface area contributed by atoms with Gasteiger partial charge < -0.3 is 10.4 Å². The van der Waals surface area contributed by atoms with Gasteiger partial charge in [-0.2, -0.15) is 10.2 Å². The average Bonchev–Trinajstić information content (AvgIpc) is 2.89. The van der Waals surface area contributed by atoms with Crippen LogP contribution in [-0.4, -0.2) is 31.2 Å². The minimum atomic E-state index is -0.975. The topological polar surface area (TPSA) is 67.9 Å². The summed E-state index contributed by atoms with van der Waals surface area (Å²) in [6, 6.07) is 0. The van der Waals surface area contributed by atoms with Gasteiger partial charge in [0.2, 0.25) is 0 Å². The summed E-state index contributed by atoms with van der Waals surface area (Å²) >= 11 is 6.17. The zero-order valence-corrected chi connectivity index (χ0v) is 12.9. The Morgan fingerprint density at radius 1 is 1.45 bits per heavy atom. The van der Waals surface area contributed by atoms with E-state index >= 15 is 0 Å². The molecule has 0 saturated heterocycles. The molecule has 2 N–H and O–H groups in total. The van der Waals surface area contributed by atoms with Crippen LogP contribution in [0.2, 0.25) is 5.15 Å². The molecule has 0 spiro atoms. The fourth-order valence-corrected chi connectivity index (χ4v) is 2.35. The quantitative estimate of drug-likeness (QED) is 0.868. The van der Waals surface area contributed by atoms with Crippen molar-refractivity contribution in [2.45, 2.75) is 26.0 Å². The number of aryl methyl sites for hydroxylation is 3. The zero-order chi connectivity index (χ0) is 14.9. The molecule has 0 aliphatic heterocycles. The van der Waals surface area contributed by atoms with Gasteiger partial charge in [0.15, 0.2) is 0 Å². The van der Waals surface area contributed by atoms with Gasteiger partial charge >= 0.3 is 0 Å². The van der Waals surface area contributed by atoms with E-state index in [1.54, 1.807) is 22.5 Å². The number of aromatic nitrogens is 4. The smallest absolute Gasteiger partial charge is 0.131 e. The number of aliphatic hydroxyl groups is 1. The lowest BCUT2D eigenvalue weighted by Gasteiger charge is -2.22. The van der Waals surface area contributed by atoms with Crippen molar-refractivity contribution in [2.75, 3.05) is 6.54 Å². The third-order valence-electron chi connectivity index (χ3n) is 3.37. The Morgan fingerprint density at radius 2 is 2.15 bits per heavy atom. The zero-order valence-electron chi connectivity index (χ0n) is 12.2. The van der Waals surface area contributed by atoms with Crippen molar-refractivity contribution < 1.29 is 5.11 Å². The minimum absolute atomic E-state index is 0.406. The molecule has 0 saturated carbocycles. The maximum absolute atomic E-state index is 10.5. The Hall–Kier alpha value is -1.37.